The van der Waals surface area contributed by atoms with Crippen LogP contribution in [0.3, 0.4) is 0 Å². The first-order valence-electron chi connectivity index (χ1n) is 8.10. The third-order valence-electron chi connectivity index (χ3n) is 4.01. The monoisotopic (exact) mass is 345 g/mol. The molecule has 0 bridgehead atoms. The number of halogens is 1. The quantitative estimate of drug-likeness (QED) is 0.659. The van der Waals surface area contributed by atoms with E-state index in [1.165, 1.54) is 12.4 Å². The van der Waals surface area contributed by atoms with Gasteiger partial charge < -0.3 is 9.80 Å². The Hall–Kier alpha value is -2.78. The predicted molar refractivity (Wildman–Crippen MR) is 87.7 cm³/mol. The highest BCUT2D eigenvalue weighted by Gasteiger charge is 2.22. The second-order valence-electron chi connectivity index (χ2n) is 5.66. The third kappa shape index (κ3) is 5.66. The van der Waals surface area contributed by atoms with Gasteiger partial charge in [-0.1, -0.05) is 0 Å². The maximum Gasteiger partial charge on any atom is 0.236 e. The number of aromatic nitrogens is 2. The van der Waals surface area contributed by atoms with Crippen molar-refractivity contribution in [3.05, 3.63) is 18.3 Å². The van der Waals surface area contributed by atoms with Crippen molar-refractivity contribution in [2.75, 3.05) is 50.7 Å². The summed E-state index contributed by atoms with van der Waals surface area (Å²) in [5.74, 6) is -0.0941. The molecule has 0 saturated carbocycles. The Bertz CT molecular complexity index is 643. The number of rotatable bonds is 7. The number of piperazine rings is 1. The van der Waals surface area contributed by atoms with Crippen molar-refractivity contribution in [3.63, 3.8) is 0 Å². The molecule has 132 valence electrons. The Kier molecular flexibility index (Phi) is 7.05. The van der Waals surface area contributed by atoms with Crippen molar-refractivity contribution in [2.45, 2.75) is 12.8 Å². The van der Waals surface area contributed by atoms with E-state index in [0.717, 1.165) is 0 Å². The molecule has 1 fully saturated rings. The van der Waals surface area contributed by atoms with Crippen LogP contribution in [0.5, 0.6) is 0 Å². The van der Waals surface area contributed by atoms with E-state index in [1.54, 1.807) is 4.90 Å². The first-order valence-corrected chi connectivity index (χ1v) is 8.10. The number of carbonyl (C=O) groups excluding carboxylic acids is 1. The van der Waals surface area contributed by atoms with Crippen LogP contribution in [0, 0.1) is 28.6 Å². The molecule has 0 aliphatic carbocycles. The van der Waals surface area contributed by atoms with Gasteiger partial charge in [-0.3, -0.25) is 9.69 Å². The molecule has 1 amide bonds. The van der Waals surface area contributed by atoms with Crippen molar-refractivity contribution in [1.82, 2.24) is 19.8 Å². The van der Waals surface area contributed by atoms with Gasteiger partial charge in [-0.05, 0) is 0 Å². The fourth-order valence-corrected chi connectivity index (χ4v) is 2.65. The van der Waals surface area contributed by atoms with Crippen LogP contribution in [0.1, 0.15) is 12.8 Å². The number of carbonyl (C=O) groups is 1. The highest BCUT2D eigenvalue weighted by molar-refractivity contribution is 5.78. The van der Waals surface area contributed by atoms with Gasteiger partial charge in [0.1, 0.15) is 12.1 Å². The topological polar surface area (TPSA) is 100 Å². The van der Waals surface area contributed by atoms with E-state index in [4.69, 9.17) is 10.5 Å². The van der Waals surface area contributed by atoms with E-state index in [-0.39, 0.29) is 25.3 Å². The predicted octanol–water partition coefficient (Wildman–Crippen LogP) is 0.394. The fourth-order valence-electron chi connectivity index (χ4n) is 2.65. The lowest BCUT2D eigenvalue weighted by Crippen LogP contribution is -2.50. The molecule has 0 aromatic carbocycles. The lowest BCUT2D eigenvalue weighted by atomic mass is 10.3. The summed E-state index contributed by atoms with van der Waals surface area (Å²) < 4.78 is 13.2. The van der Waals surface area contributed by atoms with E-state index >= 15 is 0 Å². The number of amides is 1. The summed E-state index contributed by atoms with van der Waals surface area (Å²) in [6.07, 6.45) is 1.71. The molecule has 0 atom stereocenters. The number of anilines is 1. The van der Waals surface area contributed by atoms with Crippen LogP contribution in [-0.4, -0.2) is 71.5 Å². The van der Waals surface area contributed by atoms with Crippen molar-refractivity contribution >= 4 is 11.7 Å². The van der Waals surface area contributed by atoms with Crippen molar-refractivity contribution in [1.29, 1.82) is 10.5 Å². The van der Waals surface area contributed by atoms with Crippen LogP contribution in [-0.2, 0) is 4.79 Å². The maximum atomic E-state index is 13.2. The number of nitriles is 2. The molecule has 1 aliphatic rings. The smallest absolute Gasteiger partial charge is 0.236 e. The van der Waals surface area contributed by atoms with Crippen LogP contribution in [0.4, 0.5) is 10.2 Å². The summed E-state index contributed by atoms with van der Waals surface area (Å²) in [7, 11) is 0. The molecule has 25 heavy (non-hydrogen) atoms. The van der Waals surface area contributed by atoms with Crippen molar-refractivity contribution in [2.24, 2.45) is 0 Å². The van der Waals surface area contributed by atoms with Gasteiger partial charge in [-0.15, -0.1) is 0 Å². The SMILES string of the molecule is N#CCCN(CCC#N)C(=O)CN1CCN(c2cc(F)ncn2)CC1. The standard InChI is InChI=1S/C16H20FN7O/c17-14-11-15(21-13-20-14)23-9-7-22(8-10-23)12-16(25)24(5-1-3-18)6-2-4-19/h11,13H,1-2,5-10,12H2. The zero-order valence-corrected chi connectivity index (χ0v) is 13.9. The van der Waals surface area contributed by atoms with Gasteiger partial charge in [0.2, 0.25) is 11.9 Å². The van der Waals surface area contributed by atoms with Gasteiger partial charge in [0, 0.05) is 45.3 Å². The van der Waals surface area contributed by atoms with E-state index in [1.807, 2.05) is 21.9 Å². The van der Waals surface area contributed by atoms with E-state index in [2.05, 4.69) is 9.97 Å². The highest BCUT2D eigenvalue weighted by atomic mass is 19.1. The second-order valence-corrected chi connectivity index (χ2v) is 5.66. The Labute approximate surface area is 146 Å². The summed E-state index contributed by atoms with van der Waals surface area (Å²) in [6, 6.07) is 5.34. The minimum absolute atomic E-state index is 0.0768. The molecule has 0 radical (unpaired) electrons. The lowest BCUT2D eigenvalue weighted by Gasteiger charge is -2.35. The van der Waals surface area contributed by atoms with Crippen LogP contribution < -0.4 is 4.90 Å². The van der Waals surface area contributed by atoms with Crippen LogP contribution in [0.25, 0.3) is 0 Å². The number of hydrogen-bond donors (Lipinski definition) is 0. The minimum Gasteiger partial charge on any atom is -0.354 e. The largest absolute Gasteiger partial charge is 0.354 e. The zero-order valence-electron chi connectivity index (χ0n) is 13.9. The lowest BCUT2D eigenvalue weighted by molar-refractivity contribution is -0.132. The average molecular weight is 345 g/mol. The molecule has 0 unspecified atom stereocenters. The first-order chi connectivity index (χ1) is 12.1. The summed E-state index contributed by atoms with van der Waals surface area (Å²) in [5, 5.41) is 17.4. The van der Waals surface area contributed by atoms with Gasteiger partial charge in [-0.25, -0.2) is 9.97 Å². The molecule has 0 spiro atoms. The second kappa shape index (κ2) is 9.50. The molecule has 2 heterocycles. The molecule has 9 heteroatoms. The average Bonchev–Trinajstić information content (AvgIpc) is 2.62. The summed E-state index contributed by atoms with van der Waals surface area (Å²) in [6.45, 7) is 3.53. The van der Waals surface area contributed by atoms with Crippen LogP contribution >= 0.6 is 0 Å². The molecule has 0 N–H and O–H groups in total. The normalized spacial score (nSPS) is 14.6. The van der Waals surface area contributed by atoms with Gasteiger partial charge >= 0.3 is 0 Å². The molecule has 1 saturated heterocycles. The first kappa shape index (κ1) is 18.6. The Balaban J connectivity index is 1.84. The summed E-state index contributed by atoms with van der Waals surface area (Å²) in [5.41, 5.74) is 0. The third-order valence-corrected chi connectivity index (χ3v) is 4.01. The van der Waals surface area contributed by atoms with E-state index < -0.39 is 5.95 Å². The van der Waals surface area contributed by atoms with Crippen LogP contribution in [0.15, 0.2) is 12.4 Å². The molecule has 1 aromatic rings. The molecule has 2 rings (SSSR count). The molecule has 1 aliphatic heterocycles. The fraction of sp³-hybridized carbons (Fsp3) is 0.562. The molecule has 8 nitrogen and oxygen atoms in total. The van der Waals surface area contributed by atoms with Crippen LogP contribution in [0.2, 0.25) is 0 Å². The minimum atomic E-state index is -0.562. The molecular weight excluding hydrogens is 325 g/mol. The van der Waals surface area contributed by atoms with Gasteiger partial charge in [0.25, 0.3) is 0 Å². The van der Waals surface area contributed by atoms with Gasteiger partial charge in [0.15, 0.2) is 0 Å². The van der Waals surface area contributed by atoms with Gasteiger partial charge in [0.05, 0.1) is 31.5 Å². The van der Waals surface area contributed by atoms with E-state index in [9.17, 15) is 9.18 Å². The van der Waals surface area contributed by atoms with Crippen molar-refractivity contribution in [3.8, 4) is 12.1 Å². The number of nitrogens with zero attached hydrogens (tertiary/aromatic N) is 7. The Morgan fingerprint density at radius 2 is 1.80 bits per heavy atom. The number of hydrogen-bond acceptors (Lipinski definition) is 7. The van der Waals surface area contributed by atoms with E-state index in [0.29, 0.717) is 45.1 Å². The molecular formula is C16H20FN7O. The van der Waals surface area contributed by atoms with Crippen molar-refractivity contribution < 1.29 is 9.18 Å². The maximum absolute atomic E-state index is 13.2. The Morgan fingerprint density at radius 1 is 1.16 bits per heavy atom. The Morgan fingerprint density at radius 3 is 2.36 bits per heavy atom. The summed E-state index contributed by atoms with van der Waals surface area (Å²) >= 11 is 0. The van der Waals surface area contributed by atoms with Gasteiger partial charge in [-0.2, -0.15) is 14.9 Å². The molecule has 1 aromatic heterocycles. The zero-order chi connectivity index (χ0) is 18.1. The highest BCUT2D eigenvalue weighted by Crippen LogP contribution is 2.13. The summed E-state index contributed by atoms with van der Waals surface area (Å²) in [4.78, 5) is 25.4.